The number of hydrogen-bond acceptors (Lipinski definition) is 3. The second-order valence-electron chi connectivity index (χ2n) is 3.77. The zero-order chi connectivity index (χ0) is 12.4. The number of aromatic nitrogens is 3. The number of nitrogens with zero attached hydrogens (tertiary/aromatic N) is 2. The molecule has 0 aromatic carbocycles. The molecule has 2 rings (SSSR count). The lowest BCUT2D eigenvalue weighted by Gasteiger charge is -2.09. The molecule has 0 amide bonds. The molecule has 0 aliphatic carbocycles. The van der Waals surface area contributed by atoms with E-state index in [-0.39, 0.29) is 5.69 Å². The topological polar surface area (TPSA) is 78.9 Å². The van der Waals surface area contributed by atoms with Crippen molar-refractivity contribution >= 4 is 5.97 Å². The number of aromatic carboxylic acids is 1. The van der Waals surface area contributed by atoms with Gasteiger partial charge in [0.2, 0.25) is 0 Å². The van der Waals surface area contributed by atoms with Gasteiger partial charge in [-0.2, -0.15) is 5.10 Å². The van der Waals surface area contributed by atoms with Crippen LogP contribution in [0.4, 0.5) is 0 Å². The fraction of sp³-hybridized carbons (Fsp3) is 0.250. The number of carboxylic acid groups (broad SMARTS) is 1. The fourth-order valence-corrected chi connectivity index (χ4v) is 1.79. The molecule has 2 N–H and O–H groups in total. The van der Waals surface area contributed by atoms with E-state index < -0.39 is 5.97 Å². The molecule has 88 valence electrons. The summed E-state index contributed by atoms with van der Waals surface area (Å²) in [4.78, 5) is 15.2. The van der Waals surface area contributed by atoms with Crippen molar-refractivity contribution in [3.63, 3.8) is 0 Å². The molecule has 0 aliphatic rings. The minimum atomic E-state index is -1.01. The van der Waals surface area contributed by atoms with Crippen LogP contribution in [-0.4, -0.2) is 26.3 Å². The quantitative estimate of drug-likeness (QED) is 0.847. The Kier molecular flexibility index (Phi) is 2.91. The molecule has 0 saturated heterocycles. The molecule has 5 heteroatoms. The van der Waals surface area contributed by atoms with Crippen LogP contribution in [0.25, 0.3) is 11.4 Å². The van der Waals surface area contributed by atoms with Crippen molar-refractivity contribution in [3.05, 3.63) is 35.2 Å². The van der Waals surface area contributed by atoms with Crippen LogP contribution >= 0.6 is 0 Å². The first kappa shape index (κ1) is 11.3. The molecule has 2 aromatic rings. The van der Waals surface area contributed by atoms with Crippen molar-refractivity contribution in [3.8, 4) is 11.4 Å². The predicted octanol–water partition coefficient (Wildman–Crippen LogP) is 2.04. The highest BCUT2D eigenvalue weighted by Gasteiger charge is 2.14. The lowest BCUT2D eigenvalue weighted by molar-refractivity contribution is 0.0690. The van der Waals surface area contributed by atoms with Crippen molar-refractivity contribution in [1.82, 2.24) is 15.2 Å². The van der Waals surface area contributed by atoms with Crippen molar-refractivity contribution in [2.45, 2.75) is 20.3 Å². The molecule has 2 heterocycles. The summed E-state index contributed by atoms with van der Waals surface area (Å²) in [6.07, 6.45) is 2.39. The molecule has 0 spiro atoms. The highest BCUT2D eigenvalue weighted by atomic mass is 16.4. The van der Waals surface area contributed by atoms with Gasteiger partial charge in [-0.15, -0.1) is 0 Å². The Hall–Kier alpha value is -2.17. The molecule has 0 saturated carbocycles. The van der Waals surface area contributed by atoms with E-state index in [4.69, 9.17) is 5.11 Å². The summed E-state index contributed by atoms with van der Waals surface area (Å²) in [6, 6.07) is 3.40. The summed E-state index contributed by atoms with van der Waals surface area (Å²) in [5.41, 5.74) is 3.43. The molecular formula is C12H13N3O2. The molecule has 0 bridgehead atoms. The molecule has 17 heavy (non-hydrogen) atoms. The van der Waals surface area contributed by atoms with Gasteiger partial charge in [0.1, 0.15) is 5.69 Å². The monoisotopic (exact) mass is 231 g/mol. The van der Waals surface area contributed by atoms with E-state index in [1.807, 2.05) is 13.8 Å². The maximum absolute atomic E-state index is 11.0. The van der Waals surface area contributed by atoms with E-state index in [9.17, 15) is 4.79 Å². The number of pyridine rings is 1. The number of carboxylic acids is 1. The second-order valence-corrected chi connectivity index (χ2v) is 3.77. The zero-order valence-corrected chi connectivity index (χ0v) is 9.69. The number of hydrogen-bond donors (Lipinski definition) is 2. The molecular weight excluding hydrogens is 218 g/mol. The molecule has 0 fully saturated rings. The SMILES string of the molecule is CCc1cc(C(=O)O)nc(-c2ccn[nH]2)c1C. The summed E-state index contributed by atoms with van der Waals surface area (Å²) >= 11 is 0. The average Bonchev–Trinajstić information content (AvgIpc) is 2.82. The number of nitrogens with one attached hydrogen (secondary N) is 1. The maximum Gasteiger partial charge on any atom is 0.354 e. The molecule has 2 aromatic heterocycles. The van der Waals surface area contributed by atoms with Crippen LogP contribution in [0.5, 0.6) is 0 Å². The van der Waals surface area contributed by atoms with E-state index in [2.05, 4.69) is 15.2 Å². The normalized spacial score (nSPS) is 10.5. The van der Waals surface area contributed by atoms with Crippen LogP contribution in [0.2, 0.25) is 0 Å². The van der Waals surface area contributed by atoms with Gasteiger partial charge in [-0.3, -0.25) is 5.10 Å². The number of aryl methyl sites for hydroxylation is 1. The Morgan fingerprint density at radius 3 is 2.82 bits per heavy atom. The Balaban J connectivity index is 2.65. The van der Waals surface area contributed by atoms with Gasteiger partial charge >= 0.3 is 5.97 Å². The van der Waals surface area contributed by atoms with Crippen LogP contribution in [0, 0.1) is 6.92 Å². The average molecular weight is 231 g/mol. The molecule has 0 radical (unpaired) electrons. The molecule has 0 unspecified atom stereocenters. The fourth-order valence-electron chi connectivity index (χ4n) is 1.79. The van der Waals surface area contributed by atoms with E-state index >= 15 is 0 Å². The first-order chi connectivity index (χ1) is 8.13. The highest BCUT2D eigenvalue weighted by Crippen LogP contribution is 2.23. The standard InChI is InChI=1S/C12H13N3O2/c1-3-8-6-10(12(16)17)14-11(7(8)2)9-4-5-13-15-9/h4-6H,3H2,1-2H3,(H,13,15)(H,16,17). The van der Waals surface area contributed by atoms with Crippen molar-refractivity contribution in [2.75, 3.05) is 0 Å². The van der Waals surface area contributed by atoms with Crippen LogP contribution in [0.3, 0.4) is 0 Å². The molecule has 0 aliphatic heterocycles. The third kappa shape index (κ3) is 2.04. The Labute approximate surface area is 98.5 Å². The van der Waals surface area contributed by atoms with Crippen molar-refractivity contribution in [1.29, 1.82) is 0 Å². The summed E-state index contributed by atoms with van der Waals surface area (Å²) in [5.74, 6) is -1.01. The summed E-state index contributed by atoms with van der Waals surface area (Å²) in [5, 5.41) is 15.7. The van der Waals surface area contributed by atoms with Gasteiger partial charge in [-0.1, -0.05) is 6.92 Å². The van der Waals surface area contributed by atoms with Gasteiger partial charge in [-0.25, -0.2) is 9.78 Å². The predicted molar refractivity (Wildman–Crippen MR) is 62.9 cm³/mol. The van der Waals surface area contributed by atoms with E-state index in [1.165, 1.54) is 0 Å². The molecule has 5 nitrogen and oxygen atoms in total. The van der Waals surface area contributed by atoms with E-state index in [0.717, 1.165) is 23.2 Å². The van der Waals surface area contributed by atoms with Crippen LogP contribution in [-0.2, 0) is 6.42 Å². The smallest absolute Gasteiger partial charge is 0.354 e. The summed E-state index contributed by atoms with van der Waals surface area (Å²) in [6.45, 7) is 3.93. The number of rotatable bonds is 3. The van der Waals surface area contributed by atoms with Crippen LogP contribution in [0.1, 0.15) is 28.5 Å². The van der Waals surface area contributed by atoms with Crippen molar-refractivity contribution in [2.24, 2.45) is 0 Å². The minimum absolute atomic E-state index is 0.0667. The first-order valence-corrected chi connectivity index (χ1v) is 5.37. The highest BCUT2D eigenvalue weighted by molar-refractivity contribution is 5.86. The van der Waals surface area contributed by atoms with Crippen molar-refractivity contribution < 1.29 is 9.90 Å². The lowest BCUT2D eigenvalue weighted by atomic mass is 10.0. The zero-order valence-electron chi connectivity index (χ0n) is 9.69. The van der Waals surface area contributed by atoms with Gasteiger partial charge in [0.05, 0.1) is 11.4 Å². The van der Waals surface area contributed by atoms with Gasteiger partial charge in [0.15, 0.2) is 0 Å². The maximum atomic E-state index is 11.0. The van der Waals surface area contributed by atoms with Gasteiger partial charge in [-0.05, 0) is 36.6 Å². The molecule has 0 atom stereocenters. The third-order valence-electron chi connectivity index (χ3n) is 2.74. The number of H-pyrrole nitrogens is 1. The second kappa shape index (κ2) is 4.37. The summed E-state index contributed by atoms with van der Waals surface area (Å²) < 4.78 is 0. The van der Waals surface area contributed by atoms with Crippen LogP contribution < -0.4 is 0 Å². The minimum Gasteiger partial charge on any atom is -0.477 e. The Morgan fingerprint density at radius 1 is 1.53 bits per heavy atom. The van der Waals surface area contributed by atoms with Gasteiger partial charge in [0.25, 0.3) is 0 Å². The van der Waals surface area contributed by atoms with Crippen LogP contribution in [0.15, 0.2) is 18.3 Å². The number of aromatic amines is 1. The van der Waals surface area contributed by atoms with E-state index in [0.29, 0.717) is 5.69 Å². The third-order valence-corrected chi connectivity index (χ3v) is 2.74. The first-order valence-electron chi connectivity index (χ1n) is 5.37. The number of carbonyl (C=O) groups is 1. The lowest BCUT2D eigenvalue weighted by Crippen LogP contribution is -2.05. The summed E-state index contributed by atoms with van der Waals surface area (Å²) in [7, 11) is 0. The Morgan fingerprint density at radius 2 is 2.29 bits per heavy atom. The van der Waals surface area contributed by atoms with E-state index in [1.54, 1.807) is 18.3 Å². The van der Waals surface area contributed by atoms with Gasteiger partial charge in [0, 0.05) is 6.20 Å². The van der Waals surface area contributed by atoms with Gasteiger partial charge < -0.3 is 5.11 Å². The Bertz CT molecular complexity index is 547. The largest absolute Gasteiger partial charge is 0.477 e.